The topological polar surface area (TPSA) is 29.4 Å². The Bertz CT molecular complexity index is 442. The monoisotopic (exact) mass is 283 g/mol. The van der Waals surface area contributed by atoms with E-state index in [1.807, 2.05) is 0 Å². The molecule has 0 unspecified atom stereocenters. The number of hydrogen-bond donors (Lipinski definition) is 0. The fourth-order valence-corrected chi connectivity index (χ4v) is 5.11. The minimum absolute atomic E-state index is 0.289. The summed E-state index contributed by atoms with van der Waals surface area (Å²) < 4.78 is 13.2. The predicted octanol–water partition coefficient (Wildman–Crippen LogP) is 3.99. The van der Waals surface area contributed by atoms with E-state index in [0.29, 0.717) is 5.92 Å². The van der Waals surface area contributed by atoms with Crippen molar-refractivity contribution in [3.8, 4) is 0 Å². The molecule has 0 aromatic rings. The minimum Gasteiger partial charge on any atom is -0.271 e. The molecular weight excluding hydrogens is 261 g/mol. The average Bonchev–Trinajstić information content (AvgIpc) is 2.94. The van der Waals surface area contributed by atoms with Gasteiger partial charge in [-0.25, -0.2) is 9.38 Å². The molecule has 0 aromatic carbocycles. The highest BCUT2D eigenvalue weighted by Crippen LogP contribution is 2.52. The standard InChI is InChI=1S/C15H22FNOS/c1-14(2,16)15(3)13(18)17-12(19-15)8-11-7-9-4-5-10(11)6-9/h9-11H,4-8H2,1-3H3/t9-,10+,11-,15-/m1/s1. The zero-order valence-electron chi connectivity index (χ0n) is 11.9. The van der Waals surface area contributed by atoms with Gasteiger partial charge in [0, 0.05) is 0 Å². The lowest BCUT2D eigenvalue weighted by atomic mass is 9.87. The van der Waals surface area contributed by atoms with E-state index in [-0.39, 0.29) is 5.91 Å². The normalized spacial score (nSPS) is 42.0. The van der Waals surface area contributed by atoms with Crippen molar-refractivity contribution in [3.05, 3.63) is 0 Å². The number of carbonyl (C=O) groups excluding carboxylic acids is 1. The lowest BCUT2D eigenvalue weighted by Gasteiger charge is -2.31. The fourth-order valence-electron chi connectivity index (χ4n) is 3.84. The third-order valence-electron chi connectivity index (χ3n) is 5.41. The summed E-state index contributed by atoms with van der Waals surface area (Å²) in [6, 6.07) is 0. The number of rotatable bonds is 3. The highest BCUT2D eigenvalue weighted by atomic mass is 32.2. The Hall–Kier alpha value is -0.380. The Morgan fingerprint density at radius 3 is 2.63 bits per heavy atom. The van der Waals surface area contributed by atoms with Crippen molar-refractivity contribution < 1.29 is 9.18 Å². The lowest BCUT2D eigenvalue weighted by Crippen LogP contribution is -2.45. The second kappa shape index (κ2) is 4.31. The highest BCUT2D eigenvalue weighted by molar-refractivity contribution is 8.16. The summed E-state index contributed by atoms with van der Waals surface area (Å²) in [4.78, 5) is 16.2. The van der Waals surface area contributed by atoms with Crippen molar-refractivity contribution in [1.82, 2.24) is 0 Å². The molecule has 0 N–H and O–H groups in total. The van der Waals surface area contributed by atoms with Crippen LogP contribution in [0.15, 0.2) is 4.99 Å². The maximum absolute atomic E-state index is 14.3. The highest BCUT2D eigenvalue weighted by Gasteiger charge is 2.53. The van der Waals surface area contributed by atoms with Crippen LogP contribution in [0.5, 0.6) is 0 Å². The number of halogens is 1. The van der Waals surface area contributed by atoms with Crippen molar-refractivity contribution in [1.29, 1.82) is 0 Å². The molecule has 2 aliphatic carbocycles. The second-order valence-electron chi connectivity index (χ2n) is 7.06. The van der Waals surface area contributed by atoms with Crippen LogP contribution in [0.1, 0.15) is 52.9 Å². The molecule has 3 rings (SSSR count). The van der Waals surface area contributed by atoms with Gasteiger partial charge in [0.1, 0.15) is 10.4 Å². The second-order valence-corrected chi connectivity index (χ2v) is 8.55. The summed E-state index contributed by atoms with van der Waals surface area (Å²) in [6.07, 6.45) is 6.27. The first kappa shape index (κ1) is 13.6. The fraction of sp³-hybridized carbons (Fsp3) is 0.867. The van der Waals surface area contributed by atoms with Gasteiger partial charge in [0.2, 0.25) is 0 Å². The summed E-state index contributed by atoms with van der Waals surface area (Å²) in [7, 11) is 0. The smallest absolute Gasteiger partial charge is 0.266 e. The van der Waals surface area contributed by atoms with Crippen LogP contribution in [0.2, 0.25) is 0 Å². The van der Waals surface area contributed by atoms with Gasteiger partial charge in [-0.1, -0.05) is 18.2 Å². The van der Waals surface area contributed by atoms with Crippen molar-refractivity contribution in [2.75, 3.05) is 0 Å². The number of aliphatic imine (C=N–C) groups is 1. The van der Waals surface area contributed by atoms with Crippen LogP contribution in [0.3, 0.4) is 0 Å². The van der Waals surface area contributed by atoms with E-state index in [9.17, 15) is 9.18 Å². The number of fused-ring (bicyclic) bond motifs is 2. The summed E-state index contributed by atoms with van der Waals surface area (Å²) >= 11 is 1.37. The van der Waals surface area contributed by atoms with E-state index < -0.39 is 10.4 Å². The first-order valence-electron chi connectivity index (χ1n) is 7.29. The van der Waals surface area contributed by atoms with Gasteiger partial charge in [-0.2, -0.15) is 0 Å². The van der Waals surface area contributed by atoms with Crippen molar-refractivity contribution >= 4 is 22.7 Å². The zero-order valence-corrected chi connectivity index (χ0v) is 12.7. The number of thioether (sulfide) groups is 1. The van der Waals surface area contributed by atoms with E-state index in [1.54, 1.807) is 6.92 Å². The van der Waals surface area contributed by atoms with Crippen LogP contribution in [-0.4, -0.2) is 21.4 Å². The number of nitrogens with zero attached hydrogens (tertiary/aromatic N) is 1. The van der Waals surface area contributed by atoms with Gasteiger partial charge in [-0.3, -0.25) is 4.79 Å². The van der Waals surface area contributed by atoms with E-state index in [0.717, 1.165) is 23.3 Å². The molecule has 4 heteroatoms. The Balaban J connectivity index is 1.68. The van der Waals surface area contributed by atoms with Crippen molar-refractivity contribution in [3.63, 3.8) is 0 Å². The van der Waals surface area contributed by atoms with Gasteiger partial charge in [0.25, 0.3) is 5.91 Å². The molecular formula is C15H22FNOS. The molecule has 2 nitrogen and oxygen atoms in total. The largest absolute Gasteiger partial charge is 0.271 e. The number of amides is 1. The van der Waals surface area contributed by atoms with Crippen LogP contribution < -0.4 is 0 Å². The first-order chi connectivity index (χ1) is 8.79. The minimum atomic E-state index is -1.53. The molecule has 2 fully saturated rings. The molecule has 106 valence electrons. The van der Waals surface area contributed by atoms with Crippen LogP contribution in [0.4, 0.5) is 4.39 Å². The summed E-state index contributed by atoms with van der Waals surface area (Å²) in [6.45, 7) is 4.65. The number of hydrogen-bond acceptors (Lipinski definition) is 2. The molecule has 2 saturated carbocycles. The summed E-state index contributed by atoms with van der Waals surface area (Å²) in [5.74, 6) is 2.13. The lowest BCUT2D eigenvalue weighted by molar-refractivity contribution is -0.122. The molecule has 0 saturated heterocycles. The number of carbonyl (C=O) groups is 1. The summed E-state index contributed by atoms with van der Waals surface area (Å²) in [5, 5.41) is 0.871. The third kappa shape index (κ3) is 2.16. The zero-order chi connectivity index (χ0) is 13.8. The average molecular weight is 283 g/mol. The van der Waals surface area contributed by atoms with Gasteiger partial charge < -0.3 is 0 Å². The van der Waals surface area contributed by atoms with Gasteiger partial charge in [-0.15, -0.1) is 0 Å². The van der Waals surface area contributed by atoms with Gasteiger partial charge in [-0.05, 0) is 64.2 Å². The molecule has 1 heterocycles. The number of alkyl halides is 1. The van der Waals surface area contributed by atoms with Crippen molar-refractivity contribution in [2.24, 2.45) is 22.7 Å². The Morgan fingerprint density at radius 1 is 1.42 bits per heavy atom. The molecule has 1 amide bonds. The van der Waals surface area contributed by atoms with Crippen LogP contribution in [0, 0.1) is 17.8 Å². The van der Waals surface area contributed by atoms with Crippen molar-refractivity contribution in [2.45, 2.75) is 63.3 Å². The quantitative estimate of drug-likeness (QED) is 0.783. The third-order valence-corrected chi connectivity index (χ3v) is 6.97. The van der Waals surface area contributed by atoms with Gasteiger partial charge >= 0.3 is 0 Å². The molecule has 0 spiro atoms. The molecule has 0 aromatic heterocycles. The maximum atomic E-state index is 14.3. The van der Waals surface area contributed by atoms with Crippen LogP contribution in [0.25, 0.3) is 0 Å². The molecule has 19 heavy (non-hydrogen) atoms. The maximum Gasteiger partial charge on any atom is 0.266 e. The summed E-state index contributed by atoms with van der Waals surface area (Å²) in [5.41, 5.74) is -1.53. The van der Waals surface area contributed by atoms with E-state index >= 15 is 0 Å². The van der Waals surface area contributed by atoms with Gasteiger partial charge in [0.15, 0.2) is 0 Å². The van der Waals surface area contributed by atoms with Crippen LogP contribution >= 0.6 is 11.8 Å². The Morgan fingerprint density at radius 2 is 2.16 bits per heavy atom. The SMILES string of the molecule is CC(C)(F)[C@]1(C)SC(C[C@H]2C[C@@H]3CC[C@H]2C3)=NC1=O. The van der Waals surface area contributed by atoms with E-state index in [2.05, 4.69) is 4.99 Å². The molecule has 3 aliphatic rings. The molecule has 4 atom stereocenters. The van der Waals surface area contributed by atoms with Gasteiger partial charge in [0.05, 0.1) is 5.04 Å². The molecule has 2 bridgehead atoms. The van der Waals surface area contributed by atoms with E-state index in [1.165, 1.54) is 51.3 Å². The Kier molecular flexibility index (Phi) is 3.08. The predicted molar refractivity (Wildman–Crippen MR) is 77.2 cm³/mol. The Labute approximate surface area is 118 Å². The first-order valence-corrected chi connectivity index (χ1v) is 8.11. The van der Waals surface area contributed by atoms with E-state index in [4.69, 9.17) is 0 Å². The van der Waals surface area contributed by atoms with Crippen LogP contribution in [-0.2, 0) is 4.79 Å². The molecule has 0 radical (unpaired) electrons. The molecule has 1 aliphatic heterocycles.